The fourth-order valence-electron chi connectivity index (χ4n) is 3.14. The molecule has 2 aromatic carbocycles. The topological polar surface area (TPSA) is 60.0 Å². The van der Waals surface area contributed by atoms with Crippen LogP contribution in [0.3, 0.4) is 0 Å². The van der Waals surface area contributed by atoms with Gasteiger partial charge in [0, 0.05) is 17.2 Å². The number of imidazole rings is 1. The molecule has 0 aliphatic rings. The van der Waals surface area contributed by atoms with Gasteiger partial charge in [-0.1, -0.05) is 46.9 Å². The highest BCUT2D eigenvalue weighted by molar-refractivity contribution is 14.1. The number of hydrogen-bond acceptors (Lipinski definition) is 4. The van der Waals surface area contributed by atoms with Crippen molar-refractivity contribution in [2.75, 3.05) is 6.61 Å². The van der Waals surface area contributed by atoms with Crippen LogP contribution in [-0.2, 0) is 15.8 Å². The van der Waals surface area contributed by atoms with Crippen molar-refractivity contribution in [2.24, 2.45) is 0 Å². The molecule has 0 radical (unpaired) electrons. The Morgan fingerprint density at radius 1 is 1.07 bits per heavy atom. The molecule has 0 fully saturated rings. The van der Waals surface area contributed by atoms with Gasteiger partial charge in [-0.05, 0) is 53.9 Å². The van der Waals surface area contributed by atoms with E-state index in [1.807, 2.05) is 43.5 Å². The number of rotatable bonds is 8. The average Bonchev–Trinajstić information content (AvgIpc) is 3.20. The fraction of sp³-hybridized carbons (Fsp3) is 0.217. The number of fused-ring (bicyclic) bond motifs is 1. The number of hydrogen-bond donors (Lipinski definition) is 1. The van der Waals surface area contributed by atoms with E-state index in [0.717, 1.165) is 43.9 Å². The van der Waals surface area contributed by atoms with Crippen molar-refractivity contribution in [1.82, 2.24) is 15.0 Å². The predicted molar refractivity (Wildman–Crippen MR) is 122 cm³/mol. The standard InChI is InChI=1S/C23H21FIN3O2/c1-2-29-21(23-27-20-11-16(12-25)13-26-22(20)28-23)17-5-9-19(10-6-17)30-14-15-3-7-18(24)8-4-15/h3-11,13,21H,2,12,14H2,1H3,(H,26,27,28). The van der Waals surface area contributed by atoms with Gasteiger partial charge in [0.25, 0.3) is 0 Å². The quantitative estimate of drug-likeness (QED) is 0.239. The highest BCUT2D eigenvalue weighted by Crippen LogP contribution is 2.27. The average molecular weight is 517 g/mol. The zero-order valence-electron chi connectivity index (χ0n) is 16.4. The number of pyridine rings is 1. The number of halogens is 2. The summed E-state index contributed by atoms with van der Waals surface area (Å²) < 4.78 is 25.7. The summed E-state index contributed by atoms with van der Waals surface area (Å²) in [4.78, 5) is 12.5. The van der Waals surface area contributed by atoms with E-state index in [9.17, 15) is 4.39 Å². The van der Waals surface area contributed by atoms with E-state index in [-0.39, 0.29) is 11.9 Å². The van der Waals surface area contributed by atoms with Gasteiger partial charge >= 0.3 is 0 Å². The Bertz CT molecular complexity index is 1110. The zero-order chi connectivity index (χ0) is 20.9. The number of benzene rings is 2. The molecule has 30 heavy (non-hydrogen) atoms. The van der Waals surface area contributed by atoms with Crippen molar-refractivity contribution in [1.29, 1.82) is 0 Å². The van der Waals surface area contributed by atoms with E-state index in [0.29, 0.717) is 13.2 Å². The lowest BCUT2D eigenvalue weighted by Crippen LogP contribution is -2.08. The Balaban J connectivity index is 1.51. The molecule has 4 aromatic rings. The minimum absolute atomic E-state index is 0.253. The Hall–Kier alpha value is -2.52. The number of nitrogens with one attached hydrogen (secondary N) is 1. The minimum Gasteiger partial charge on any atom is -0.489 e. The Morgan fingerprint density at radius 2 is 1.83 bits per heavy atom. The third-order valence-electron chi connectivity index (χ3n) is 4.65. The normalized spacial score (nSPS) is 12.2. The SMILES string of the molecule is CCOC(c1ccc(OCc2ccc(F)cc2)cc1)c1nc2cc(CI)cnc2[nH]1. The molecule has 154 valence electrons. The van der Waals surface area contributed by atoms with Gasteiger partial charge in [-0.15, -0.1) is 0 Å². The van der Waals surface area contributed by atoms with Crippen LogP contribution in [0.5, 0.6) is 5.75 Å². The predicted octanol–water partition coefficient (Wildman–Crippen LogP) is 5.74. The summed E-state index contributed by atoms with van der Waals surface area (Å²) in [6.07, 6.45) is 1.54. The van der Waals surface area contributed by atoms with E-state index in [4.69, 9.17) is 14.5 Å². The minimum atomic E-state index is -0.321. The van der Waals surface area contributed by atoms with E-state index >= 15 is 0 Å². The summed E-state index contributed by atoms with van der Waals surface area (Å²) in [5.41, 5.74) is 4.61. The second-order valence-electron chi connectivity index (χ2n) is 6.79. The van der Waals surface area contributed by atoms with E-state index < -0.39 is 0 Å². The number of aromatic amines is 1. The second-order valence-corrected chi connectivity index (χ2v) is 7.55. The molecule has 0 saturated carbocycles. The smallest absolute Gasteiger partial charge is 0.157 e. The highest BCUT2D eigenvalue weighted by Gasteiger charge is 2.19. The molecule has 0 aliphatic heterocycles. The number of alkyl halides is 1. The molecule has 1 N–H and O–H groups in total. The molecule has 0 bridgehead atoms. The zero-order valence-corrected chi connectivity index (χ0v) is 18.6. The molecule has 0 amide bonds. The maximum atomic E-state index is 13.0. The van der Waals surface area contributed by atoms with Crippen molar-refractivity contribution in [3.05, 3.63) is 89.1 Å². The van der Waals surface area contributed by atoms with E-state index in [1.54, 1.807) is 12.1 Å². The molecule has 5 nitrogen and oxygen atoms in total. The first-order chi connectivity index (χ1) is 14.7. The summed E-state index contributed by atoms with van der Waals surface area (Å²) in [5, 5.41) is 0. The van der Waals surface area contributed by atoms with Gasteiger partial charge in [-0.2, -0.15) is 0 Å². The molecule has 7 heteroatoms. The van der Waals surface area contributed by atoms with Gasteiger partial charge in [-0.3, -0.25) is 0 Å². The monoisotopic (exact) mass is 517 g/mol. The van der Waals surface area contributed by atoms with E-state index in [2.05, 4.69) is 32.6 Å². The van der Waals surface area contributed by atoms with Gasteiger partial charge < -0.3 is 14.5 Å². The lowest BCUT2D eigenvalue weighted by molar-refractivity contribution is 0.0859. The second kappa shape index (κ2) is 9.53. The van der Waals surface area contributed by atoms with Crippen LogP contribution >= 0.6 is 22.6 Å². The lowest BCUT2D eigenvalue weighted by atomic mass is 10.1. The molecule has 0 saturated heterocycles. The molecule has 1 atom stereocenters. The summed E-state index contributed by atoms with van der Waals surface area (Å²) >= 11 is 2.31. The van der Waals surface area contributed by atoms with Crippen molar-refractivity contribution in [3.8, 4) is 5.75 Å². The van der Waals surface area contributed by atoms with Gasteiger partial charge in [0.05, 0.1) is 0 Å². The summed E-state index contributed by atoms with van der Waals surface area (Å²) in [6, 6.07) is 16.1. The third-order valence-corrected chi connectivity index (χ3v) is 5.53. The molecule has 2 heterocycles. The molecule has 2 aromatic heterocycles. The highest BCUT2D eigenvalue weighted by atomic mass is 127. The number of aromatic nitrogens is 3. The van der Waals surface area contributed by atoms with Crippen LogP contribution in [0, 0.1) is 5.82 Å². The van der Waals surface area contributed by atoms with Crippen molar-refractivity contribution < 1.29 is 13.9 Å². The first-order valence-corrected chi connectivity index (χ1v) is 11.2. The van der Waals surface area contributed by atoms with Crippen LogP contribution in [0.25, 0.3) is 11.2 Å². The number of nitrogens with zero attached hydrogens (tertiary/aromatic N) is 2. The first kappa shape index (κ1) is 20.7. The largest absolute Gasteiger partial charge is 0.489 e. The molecular formula is C23H21FIN3O2. The lowest BCUT2D eigenvalue weighted by Gasteiger charge is -2.16. The van der Waals surface area contributed by atoms with Gasteiger partial charge in [0.1, 0.15) is 35.6 Å². The van der Waals surface area contributed by atoms with Gasteiger partial charge in [0.2, 0.25) is 0 Å². The molecular weight excluding hydrogens is 496 g/mol. The first-order valence-electron chi connectivity index (χ1n) is 9.65. The third kappa shape index (κ3) is 4.79. The van der Waals surface area contributed by atoms with E-state index in [1.165, 1.54) is 12.1 Å². The Morgan fingerprint density at radius 3 is 2.53 bits per heavy atom. The molecule has 0 aliphatic carbocycles. The van der Waals surface area contributed by atoms with Crippen molar-refractivity contribution >= 4 is 33.8 Å². The number of H-pyrrole nitrogens is 1. The van der Waals surface area contributed by atoms with Crippen LogP contribution in [0.1, 0.15) is 35.5 Å². The maximum Gasteiger partial charge on any atom is 0.157 e. The molecule has 4 rings (SSSR count). The van der Waals surface area contributed by atoms with Gasteiger partial charge in [-0.25, -0.2) is 14.4 Å². The molecule has 1 unspecified atom stereocenters. The van der Waals surface area contributed by atoms with Crippen LogP contribution in [0.15, 0.2) is 60.8 Å². The summed E-state index contributed by atoms with van der Waals surface area (Å²) in [5.74, 6) is 1.21. The number of ether oxygens (including phenoxy) is 2. The Labute approximate surface area is 187 Å². The molecule has 0 spiro atoms. The van der Waals surface area contributed by atoms with Gasteiger partial charge in [0.15, 0.2) is 5.65 Å². The fourth-order valence-corrected chi connectivity index (χ4v) is 3.56. The van der Waals surface area contributed by atoms with Crippen LogP contribution in [0.4, 0.5) is 4.39 Å². The van der Waals surface area contributed by atoms with Crippen LogP contribution in [0.2, 0.25) is 0 Å². The summed E-state index contributed by atoms with van der Waals surface area (Å²) in [7, 11) is 0. The van der Waals surface area contributed by atoms with Crippen molar-refractivity contribution in [3.63, 3.8) is 0 Å². The maximum absolute atomic E-state index is 13.0. The Kier molecular flexibility index (Phi) is 6.59. The summed E-state index contributed by atoms with van der Waals surface area (Å²) in [6.45, 7) is 2.89. The van der Waals surface area contributed by atoms with Crippen LogP contribution < -0.4 is 4.74 Å². The van der Waals surface area contributed by atoms with Crippen molar-refractivity contribution in [2.45, 2.75) is 24.1 Å². The van der Waals surface area contributed by atoms with Crippen LogP contribution in [-0.4, -0.2) is 21.6 Å².